The van der Waals surface area contributed by atoms with Crippen molar-refractivity contribution in [1.29, 1.82) is 0 Å². The molecule has 0 bridgehead atoms. The topological polar surface area (TPSA) is 36.9 Å². The van der Waals surface area contributed by atoms with E-state index in [9.17, 15) is 0 Å². The Morgan fingerprint density at radius 1 is 0.659 bits per heavy atom. The Kier molecular flexibility index (Phi) is 20.0. The van der Waals surface area contributed by atoms with E-state index in [0.717, 1.165) is 37.2 Å². The smallest absolute Gasteiger partial charge is 1.00 e. The van der Waals surface area contributed by atoms with Gasteiger partial charge in [-0.25, -0.2) is 12.2 Å². The molecule has 0 aliphatic heterocycles. The third-order valence-corrected chi connectivity index (χ3v) is 7.20. The average molecular weight is 713 g/mol. The van der Waals surface area contributed by atoms with Crippen LogP contribution in [0.4, 0.5) is 0 Å². The largest absolute Gasteiger partial charge is 2.00 e. The SMILES string of the molecule is CCOC1(OC2=[C-]CC=C2)CC=C(C)C=C1C(C)(C)C.CCOC1(OC2=[C-]CC=C2)CC=C(C)C=C1C(C)(C)C.[Cl-].[Cl-].[Ti+2].[Ti+2]. The minimum Gasteiger partial charge on any atom is -1.00 e. The first-order chi connectivity index (χ1) is 18.7. The number of hydrogen-bond donors (Lipinski definition) is 0. The summed E-state index contributed by atoms with van der Waals surface area (Å²) in [5.41, 5.74) is 4.92. The van der Waals surface area contributed by atoms with Gasteiger partial charge in [0.05, 0.1) is 0 Å². The molecular formula is C36H50Cl2O4Ti2. The van der Waals surface area contributed by atoms with Crippen molar-refractivity contribution < 1.29 is 87.2 Å². The van der Waals surface area contributed by atoms with Crippen LogP contribution in [-0.4, -0.2) is 24.8 Å². The van der Waals surface area contributed by atoms with Crippen molar-refractivity contribution in [1.82, 2.24) is 0 Å². The molecule has 4 rings (SSSR count). The molecule has 0 amide bonds. The van der Waals surface area contributed by atoms with Gasteiger partial charge in [0.2, 0.25) is 11.6 Å². The summed E-state index contributed by atoms with van der Waals surface area (Å²) in [7, 11) is 0. The van der Waals surface area contributed by atoms with Gasteiger partial charge in [-0.3, -0.25) is 0 Å². The van der Waals surface area contributed by atoms with E-state index in [1.807, 2.05) is 26.0 Å². The summed E-state index contributed by atoms with van der Waals surface area (Å²) in [4.78, 5) is 0. The fourth-order valence-electron chi connectivity index (χ4n) is 5.44. The van der Waals surface area contributed by atoms with Gasteiger partial charge in [-0.05, 0) is 50.0 Å². The Bertz CT molecular complexity index is 1090. The van der Waals surface area contributed by atoms with Gasteiger partial charge in [0.25, 0.3) is 0 Å². The van der Waals surface area contributed by atoms with E-state index >= 15 is 0 Å². The summed E-state index contributed by atoms with van der Waals surface area (Å²) in [6.45, 7) is 22.8. The van der Waals surface area contributed by atoms with Crippen LogP contribution in [0.5, 0.6) is 0 Å². The van der Waals surface area contributed by atoms with Gasteiger partial charge in [0, 0.05) is 37.2 Å². The Labute approximate surface area is 310 Å². The summed E-state index contributed by atoms with van der Waals surface area (Å²) in [6, 6.07) is 0. The summed E-state index contributed by atoms with van der Waals surface area (Å²) >= 11 is 0. The molecule has 0 spiro atoms. The number of halogens is 2. The Morgan fingerprint density at radius 3 is 1.25 bits per heavy atom. The predicted molar refractivity (Wildman–Crippen MR) is 164 cm³/mol. The van der Waals surface area contributed by atoms with Crippen LogP contribution >= 0.6 is 0 Å². The van der Waals surface area contributed by atoms with Crippen LogP contribution in [0.25, 0.3) is 0 Å². The molecule has 8 heteroatoms. The predicted octanol–water partition coefficient (Wildman–Crippen LogP) is 3.41. The molecule has 0 radical (unpaired) electrons. The summed E-state index contributed by atoms with van der Waals surface area (Å²) in [5, 5.41) is 0. The third-order valence-electron chi connectivity index (χ3n) is 7.20. The molecule has 0 saturated carbocycles. The zero-order valence-corrected chi connectivity index (χ0v) is 32.9. The van der Waals surface area contributed by atoms with Crippen molar-refractivity contribution in [2.75, 3.05) is 13.2 Å². The first-order valence-corrected chi connectivity index (χ1v) is 14.7. The maximum Gasteiger partial charge on any atom is 2.00 e. The molecule has 2 atom stereocenters. The van der Waals surface area contributed by atoms with Crippen molar-refractivity contribution in [3.63, 3.8) is 0 Å². The second kappa shape index (κ2) is 19.3. The summed E-state index contributed by atoms with van der Waals surface area (Å²) < 4.78 is 24.7. The zero-order valence-electron chi connectivity index (χ0n) is 28.3. The molecule has 0 aromatic carbocycles. The van der Waals surface area contributed by atoms with E-state index in [0.29, 0.717) is 13.2 Å². The molecule has 0 fully saturated rings. The van der Waals surface area contributed by atoms with E-state index in [4.69, 9.17) is 18.9 Å². The van der Waals surface area contributed by atoms with Crippen LogP contribution in [0.15, 0.2) is 82.4 Å². The molecule has 4 aliphatic carbocycles. The first-order valence-electron chi connectivity index (χ1n) is 14.7. The van der Waals surface area contributed by atoms with E-state index in [1.165, 1.54) is 22.3 Å². The molecule has 0 saturated heterocycles. The van der Waals surface area contributed by atoms with E-state index in [-0.39, 0.29) is 79.1 Å². The monoisotopic (exact) mass is 712 g/mol. The minimum absolute atomic E-state index is 0. The quantitative estimate of drug-likeness (QED) is 0.220. The minimum atomic E-state index is -0.691. The Hall–Kier alpha value is -0.551. The van der Waals surface area contributed by atoms with E-state index < -0.39 is 11.6 Å². The molecule has 44 heavy (non-hydrogen) atoms. The van der Waals surface area contributed by atoms with E-state index in [2.05, 4.69) is 104 Å². The number of ether oxygens (including phenoxy) is 4. The molecule has 0 aromatic rings. The van der Waals surface area contributed by atoms with Crippen LogP contribution in [-0.2, 0) is 62.4 Å². The van der Waals surface area contributed by atoms with Crippen LogP contribution in [0.3, 0.4) is 0 Å². The fraction of sp³-hybridized carbons (Fsp3) is 0.556. The summed E-state index contributed by atoms with van der Waals surface area (Å²) in [5.74, 6) is 0.204. The molecule has 4 nitrogen and oxygen atoms in total. The van der Waals surface area contributed by atoms with Crippen molar-refractivity contribution in [2.45, 2.75) is 106 Å². The molecule has 240 valence electrons. The fourth-order valence-corrected chi connectivity index (χ4v) is 5.44. The first kappa shape index (κ1) is 45.6. The van der Waals surface area contributed by atoms with E-state index in [1.54, 1.807) is 0 Å². The van der Waals surface area contributed by atoms with Gasteiger partial charge in [-0.15, -0.1) is 12.8 Å². The normalized spacial score (nSPS) is 23.8. The zero-order chi connectivity index (χ0) is 29.6. The second-order valence-electron chi connectivity index (χ2n) is 12.8. The van der Waals surface area contributed by atoms with Crippen molar-refractivity contribution in [3.8, 4) is 0 Å². The van der Waals surface area contributed by atoms with Crippen LogP contribution < -0.4 is 24.8 Å². The maximum absolute atomic E-state index is 6.25. The number of rotatable bonds is 8. The molecule has 4 aliphatic rings. The van der Waals surface area contributed by atoms with Gasteiger partial charge in [0.15, 0.2) is 0 Å². The maximum atomic E-state index is 6.25. The molecule has 2 unspecified atom stereocenters. The van der Waals surface area contributed by atoms with Gasteiger partial charge in [0.1, 0.15) is 0 Å². The molecule has 0 aromatic heterocycles. The van der Waals surface area contributed by atoms with Crippen LogP contribution in [0.2, 0.25) is 0 Å². The van der Waals surface area contributed by atoms with Crippen molar-refractivity contribution in [2.24, 2.45) is 10.8 Å². The second-order valence-corrected chi connectivity index (χ2v) is 12.8. The van der Waals surface area contributed by atoms with Gasteiger partial charge >= 0.3 is 43.4 Å². The third kappa shape index (κ3) is 11.9. The molecule has 0 N–H and O–H groups in total. The standard InChI is InChI=1S/2C18H25O2.2ClH.2Ti/c2*1-6-19-18(20-15-9-7-8-10-15)12-11-14(2)13-16(18)17(3,4)5;;;;/h2*7,9,11,13H,6,8,12H2,1-5H3;2*1H;;/q2*-1;;;2*+2/p-2. The van der Waals surface area contributed by atoms with Crippen molar-refractivity contribution >= 4 is 0 Å². The van der Waals surface area contributed by atoms with Gasteiger partial charge in [-0.2, -0.15) is 24.3 Å². The number of allylic oxidation sites excluding steroid dienone is 10. The molecular weight excluding hydrogens is 663 g/mol. The average Bonchev–Trinajstić information content (AvgIpc) is 3.56. The van der Waals surface area contributed by atoms with Gasteiger partial charge in [-0.1, -0.05) is 77.0 Å². The Balaban J connectivity index is 0. The summed E-state index contributed by atoms with van der Waals surface area (Å²) in [6.07, 6.45) is 26.4. The number of hydrogen-bond acceptors (Lipinski definition) is 4. The van der Waals surface area contributed by atoms with Gasteiger partial charge < -0.3 is 43.8 Å². The Morgan fingerprint density at radius 2 is 1.00 bits per heavy atom. The van der Waals surface area contributed by atoms with Crippen LogP contribution in [0.1, 0.15) is 94.9 Å². The van der Waals surface area contributed by atoms with Crippen molar-refractivity contribution in [3.05, 3.63) is 94.6 Å². The van der Waals surface area contributed by atoms with Crippen LogP contribution in [0, 0.1) is 23.0 Å². The molecule has 0 heterocycles.